The minimum absolute atomic E-state index is 0.179. The van der Waals surface area contributed by atoms with Crippen molar-refractivity contribution in [3.8, 4) is 0 Å². The third kappa shape index (κ3) is 4.99. The number of rotatable bonds is 7. The SMILES string of the molecule is CN(CCc1ccccc1F)CCC(C)(C)C(=O)O. The maximum atomic E-state index is 13.4. The molecule has 0 radical (unpaired) electrons. The fourth-order valence-electron chi connectivity index (χ4n) is 1.70. The highest BCUT2D eigenvalue weighted by molar-refractivity contribution is 5.73. The van der Waals surface area contributed by atoms with E-state index < -0.39 is 11.4 Å². The van der Waals surface area contributed by atoms with Crippen LogP contribution in [0.3, 0.4) is 0 Å². The van der Waals surface area contributed by atoms with E-state index in [2.05, 4.69) is 0 Å². The first kappa shape index (κ1) is 15.6. The highest BCUT2D eigenvalue weighted by Gasteiger charge is 2.26. The number of halogens is 1. The van der Waals surface area contributed by atoms with Crippen LogP contribution in [0.4, 0.5) is 4.39 Å². The lowest BCUT2D eigenvalue weighted by Gasteiger charge is -2.23. The molecule has 106 valence electrons. The molecular weight excluding hydrogens is 245 g/mol. The molecule has 1 aromatic rings. The summed E-state index contributed by atoms with van der Waals surface area (Å²) in [6, 6.07) is 6.75. The summed E-state index contributed by atoms with van der Waals surface area (Å²) in [5, 5.41) is 9.03. The molecule has 1 N–H and O–H groups in total. The van der Waals surface area contributed by atoms with Crippen LogP contribution in [0, 0.1) is 11.2 Å². The van der Waals surface area contributed by atoms with E-state index in [4.69, 9.17) is 5.11 Å². The lowest BCUT2D eigenvalue weighted by Crippen LogP contribution is -2.31. The predicted octanol–water partition coefficient (Wildman–Crippen LogP) is 2.80. The van der Waals surface area contributed by atoms with Gasteiger partial charge in [-0.05, 0) is 51.9 Å². The Bertz CT molecular complexity index is 432. The molecule has 0 aliphatic rings. The second-order valence-electron chi connectivity index (χ2n) is 5.58. The normalized spacial score (nSPS) is 11.8. The Kier molecular flexibility index (Phi) is 5.48. The predicted molar refractivity (Wildman–Crippen MR) is 73.6 cm³/mol. The molecule has 19 heavy (non-hydrogen) atoms. The van der Waals surface area contributed by atoms with Crippen LogP contribution in [0.15, 0.2) is 24.3 Å². The van der Waals surface area contributed by atoms with E-state index in [1.165, 1.54) is 6.07 Å². The first-order valence-electron chi connectivity index (χ1n) is 6.48. The summed E-state index contributed by atoms with van der Waals surface area (Å²) in [5.74, 6) is -0.961. The van der Waals surface area contributed by atoms with Gasteiger partial charge < -0.3 is 10.0 Å². The first-order valence-corrected chi connectivity index (χ1v) is 6.48. The molecule has 0 aromatic heterocycles. The molecule has 0 aliphatic carbocycles. The van der Waals surface area contributed by atoms with E-state index >= 15 is 0 Å². The van der Waals surface area contributed by atoms with Crippen molar-refractivity contribution in [1.82, 2.24) is 4.90 Å². The van der Waals surface area contributed by atoms with Gasteiger partial charge in [-0.15, -0.1) is 0 Å². The highest BCUT2D eigenvalue weighted by atomic mass is 19.1. The van der Waals surface area contributed by atoms with Crippen LogP contribution >= 0.6 is 0 Å². The summed E-state index contributed by atoms with van der Waals surface area (Å²) >= 11 is 0. The molecule has 0 aliphatic heterocycles. The van der Waals surface area contributed by atoms with Crippen LogP contribution < -0.4 is 0 Å². The zero-order chi connectivity index (χ0) is 14.5. The molecule has 0 atom stereocenters. The first-order chi connectivity index (χ1) is 8.83. The number of carbonyl (C=O) groups is 1. The van der Waals surface area contributed by atoms with Crippen LogP contribution in [0.5, 0.6) is 0 Å². The summed E-state index contributed by atoms with van der Waals surface area (Å²) < 4.78 is 13.4. The quantitative estimate of drug-likeness (QED) is 0.826. The maximum absolute atomic E-state index is 13.4. The Morgan fingerprint density at radius 2 is 1.95 bits per heavy atom. The van der Waals surface area contributed by atoms with Gasteiger partial charge in [0.1, 0.15) is 5.82 Å². The average molecular weight is 267 g/mol. The standard InChI is InChI=1S/C15H22FNO2/c1-15(2,14(18)19)9-11-17(3)10-8-12-6-4-5-7-13(12)16/h4-7H,8-11H2,1-3H3,(H,18,19). The summed E-state index contributed by atoms with van der Waals surface area (Å²) in [7, 11) is 1.93. The number of carboxylic acids is 1. The monoisotopic (exact) mass is 267 g/mol. The van der Waals surface area contributed by atoms with Crippen LogP contribution in [0.25, 0.3) is 0 Å². The Balaban J connectivity index is 2.39. The molecule has 1 rings (SSSR count). The third-order valence-corrected chi connectivity index (χ3v) is 3.42. The molecule has 1 aromatic carbocycles. The Hall–Kier alpha value is -1.42. The molecule has 0 saturated carbocycles. The van der Waals surface area contributed by atoms with Gasteiger partial charge in [-0.1, -0.05) is 18.2 Å². The lowest BCUT2D eigenvalue weighted by atomic mass is 9.89. The van der Waals surface area contributed by atoms with Crippen LogP contribution in [-0.2, 0) is 11.2 Å². The van der Waals surface area contributed by atoms with Gasteiger partial charge in [-0.3, -0.25) is 4.79 Å². The molecular formula is C15H22FNO2. The number of aliphatic carboxylic acids is 1. The van der Waals surface area contributed by atoms with Gasteiger partial charge in [0.25, 0.3) is 0 Å². The van der Waals surface area contributed by atoms with Gasteiger partial charge >= 0.3 is 5.97 Å². The Morgan fingerprint density at radius 1 is 1.32 bits per heavy atom. The Morgan fingerprint density at radius 3 is 2.53 bits per heavy atom. The van der Waals surface area contributed by atoms with Gasteiger partial charge in [0.2, 0.25) is 0 Å². The minimum atomic E-state index is -0.782. The number of likely N-dealkylation sites (N-methyl/N-ethyl adjacent to an activating group) is 1. The van der Waals surface area contributed by atoms with Crippen molar-refractivity contribution in [3.63, 3.8) is 0 Å². The summed E-state index contributed by atoms with van der Waals surface area (Å²) in [6.07, 6.45) is 1.22. The summed E-state index contributed by atoms with van der Waals surface area (Å²) in [4.78, 5) is 13.0. The summed E-state index contributed by atoms with van der Waals surface area (Å²) in [6.45, 7) is 4.85. The molecule has 0 spiro atoms. The molecule has 4 heteroatoms. The van der Waals surface area contributed by atoms with Crippen molar-refractivity contribution in [2.75, 3.05) is 20.1 Å². The number of hydrogen-bond acceptors (Lipinski definition) is 2. The minimum Gasteiger partial charge on any atom is -0.481 e. The molecule has 0 saturated heterocycles. The van der Waals surface area contributed by atoms with Crippen molar-refractivity contribution >= 4 is 5.97 Å². The summed E-state index contributed by atoms with van der Waals surface area (Å²) in [5.41, 5.74) is -0.0152. The maximum Gasteiger partial charge on any atom is 0.309 e. The van der Waals surface area contributed by atoms with E-state index in [0.29, 0.717) is 24.9 Å². The number of nitrogens with zero attached hydrogens (tertiary/aromatic N) is 1. The van der Waals surface area contributed by atoms with Crippen LogP contribution in [0.1, 0.15) is 25.8 Å². The fourth-order valence-corrected chi connectivity index (χ4v) is 1.70. The van der Waals surface area contributed by atoms with E-state index in [0.717, 1.165) is 6.54 Å². The fraction of sp³-hybridized carbons (Fsp3) is 0.533. The smallest absolute Gasteiger partial charge is 0.309 e. The van der Waals surface area contributed by atoms with Gasteiger partial charge in [0.05, 0.1) is 5.41 Å². The zero-order valence-corrected chi connectivity index (χ0v) is 11.8. The molecule has 0 amide bonds. The van der Waals surface area contributed by atoms with Crippen LogP contribution in [-0.4, -0.2) is 36.1 Å². The van der Waals surface area contributed by atoms with Crippen molar-refractivity contribution in [2.45, 2.75) is 26.7 Å². The number of carboxylic acid groups (broad SMARTS) is 1. The molecule has 0 fully saturated rings. The van der Waals surface area contributed by atoms with Gasteiger partial charge in [0, 0.05) is 6.54 Å². The van der Waals surface area contributed by atoms with E-state index in [9.17, 15) is 9.18 Å². The van der Waals surface area contributed by atoms with Gasteiger partial charge in [-0.25, -0.2) is 4.39 Å². The number of benzene rings is 1. The van der Waals surface area contributed by atoms with E-state index in [1.807, 2.05) is 18.0 Å². The average Bonchev–Trinajstić information content (AvgIpc) is 2.35. The van der Waals surface area contributed by atoms with Crippen molar-refractivity contribution in [1.29, 1.82) is 0 Å². The van der Waals surface area contributed by atoms with Crippen molar-refractivity contribution in [3.05, 3.63) is 35.6 Å². The highest BCUT2D eigenvalue weighted by Crippen LogP contribution is 2.20. The Labute approximate surface area is 114 Å². The molecule has 3 nitrogen and oxygen atoms in total. The van der Waals surface area contributed by atoms with Gasteiger partial charge in [-0.2, -0.15) is 0 Å². The van der Waals surface area contributed by atoms with Crippen molar-refractivity contribution in [2.24, 2.45) is 5.41 Å². The largest absolute Gasteiger partial charge is 0.481 e. The second kappa shape index (κ2) is 6.66. The van der Waals surface area contributed by atoms with E-state index in [-0.39, 0.29) is 5.82 Å². The van der Waals surface area contributed by atoms with Crippen molar-refractivity contribution < 1.29 is 14.3 Å². The third-order valence-electron chi connectivity index (χ3n) is 3.42. The second-order valence-corrected chi connectivity index (χ2v) is 5.58. The number of hydrogen-bond donors (Lipinski definition) is 1. The van der Waals surface area contributed by atoms with Crippen LogP contribution in [0.2, 0.25) is 0 Å². The molecule has 0 bridgehead atoms. The molecule has 0 unspecified atom stereocenters. The topological polar surface area (TPSA) is 40.5 Å². The van der Waals surface area contributed by atoms with Gasteiger partial charge in [0.15, 0.2) is 0 Å². The molecule has 0 heterocycles. The lowest BCUT2D eigenvalue weighted by molar-refractivity contribution is -0.147. The van der Waals surface area contributed by atoms with E-state index in [1.54, 1.807) is 26.0 Å². The zero-order valence-electron chi connectivity index (χ0n) is 11.8.